The maximum Gasteiger partial charge on any atom is 0.0589 e. The van der Waals surface area contributed by atoms with Crippen molar-refractivity contribution in [2.24, 2.45) is 0 Å². The number of aliphatic hydroxyl groups is 2. The van der Waals surface area contributed by atoms with Crippen molar-refractivity contribution in [2.75, 3.05) is 0 Å². The van der Waals surface area contributed by atoms with Crippen LogP contribution in [0.3, 0.4) is 0 Å². The van der Waals surface area contributed by atoms with E-state index in [0.29, 0.717) is 12.8 Å². The second kappa shape index (κ2) is 1.21. The van der Waals surface area contributed by atoms with Crippen LogP contribution < -0.4 is 0 Å². The molecule has 1 aliphatic rings. The van der Waals surface area contributed by atoms with Gasteiger partial charge in [-0.25, -0.2) is 0 Å². The highest BCUT2D eigenvalue weighted by Gasteiger charge is 2.23. The molecule has 0 aromatic rings. The van der Waals surface area contributed by atoms with E-state index in [1.54, 1.807) is 0 Å². The Bertz CT molecular complexity index is 41.5. The van der Waals surface area contributed by atoms with Gasteiger partial charge in [0.25, 0.3) is 0 Å². The first-order valence-electron chi connectivity index (χ1n) is 2.15. The second-order valence-electron chi connectivity index (χ2n) is 1.78. The van der Waals surface area contributed by atoms with Gasteiger partial charge in [-0.1, -0.05) is 0 Å². The van der Waals surface area contributed by atoms with Crippen molar-refractivity contribution >= 4 is 0 Å². The van der Waals surface area contributed by atoms with Crippen molar-refractivity contribution < 1.29 is 10.2 Å². The summed E-state index contributed by atoms with van der Waals surface area (Å²) in [4.78, 5) is 0. The van der Waals surface area contributed by atoms with E-state index in [1.807, 2.05) is 0 Å². The molecule has 2 nitrogen and oxygen atoms in total. The van der Waals surface area contributed by atoms with Gasteiger partial charge in [0, 0.05) is 0 Å². The first-order valence-corrected chi connectivity index (χ1v) is 2.15. The van der Waals surface area contributed by atoms with Gasteiger partial charge in [-0.15, -0.1) is 0 Å². The summed E-state index contributed by atoms with van der Waals surface area (Å²) >= 11 is 0. The second-order valence-corrected chi connectivity index (χ2v) is 1.78. The van der Waals surface area contributed by atoms with Crippen LogP contribution in [0, 0.1) is 0 Å². The Hall–Kier alpha value is -0.0800. The fraction of sp³-hybridized carbons (Fsp3) is 1.00. The van der Waals surface area contributed by atoms with E-state index in [2.05, 4.69) is 0 Å². The molecule has 0 spiro atoms. The first kappa shape index (κ1) is 4.09. The third-order valence-electron chi connectivity index (χ3n) is 1.09. The summed E-state index contributed by atoms with van der Waals surface area (Å²) in [6.45, 7) is 0. The zero-order valence-electron chi connectivity index (χ0n) is 3.46. The smallest absolute Gasteiger partial charge is 0.0589 e. The van der Waals surface area contributed by atoms with E-state index in [0.717, 1.165) is 0 Å². The summed E-state index contributed by atoms with van der Waals surface area (Å²) < 4.78 is 0. The summed E-state index contributed by atoms with van der Waals surface area (Å²) in [5, 5.41) is 16.9. The highest BCUT2D eigenvalue weighted by Crippen LogP contribution is 2.17. The molecular formula is C4H8O2. The minimum atomic E-state index is -0.208. The Morgan fingerprint density at radius 1 is 1.00 bits per heavy atom. The van der Waals surface area contributed by atoms with E-state index in [-0.39, 0.29) is 12.2 Å². The third kappa shape index (κ3) is 0.533. The predicted molar refractivity (Wildman–Crippen MR) is 21.2 cm³/mol. The Morgan fingerprint density at radius 3 is 1.33 bits per heavy atom. The SMILES string of the molecule is O[C@H]1C[C@@H](O)C1. The molecular weight excluding hydrogens is 80.0 g/mol. The lowest BCUT2D eigenvalue weighted by molar-refractivity contribution is -0.0250. The number of hydrogen-bond acceptors (Lipinski definition) is 2. The monoisotopic (exact) mass is 88.1 g/mol. The van der Waals surface area contributed by atoms with Crippen molar-refractivity contribution in [3.8, 4) is 0 Å². The largest absolute Gasteiger partial charge is 0.393 e. The number of rotatable bonds is 0. The minimum absolute atomic E-state index is 0.208. The molecule has 0 aromatic carbocycles. The summed E-state index contributed by atoms with van der Waals surface area (Å²) in [6, 6.07) is 0. The molecule has 36 valence electrons. The van der Waals surface area contributed by atoms with Crippen LogP contribution >= 0.6 is 0 Å². The molecule has 0 amide bonds. The maximum absolute atomic E-state index is 8.46. The first-order chi connectivity index (χ1) is 2.79. The van der Waals surface area contributed by atoms with Crippen molar-refractivity contribution in [3.05, 3.63) is 0 Å². The molecule has 6 heavy (non-hydrogen) atoms. The molecule has 2 N–H and O–H groups in total. The van der Waals surface area contributed by atoms with Gasteiger partial charge in [0.05, 0.1) is 12.2 Å². The van der Waals surface area contributed by atoms with Crippen molar-refractivity contribution in [2.45, 2.75) is 25.0 Å². The van der Waals surface area contributed by atoms with Gasteiger partial charge >= 0.3 is 0 Å². The van der Waals surface area contributed by atoms with Gasteiger partial charge in [-0.2, -0.15) is 0 Å². The van der Waals surface area contributed by atoms with E-state index in [1.165, 1.54) is 0 Å². The summed E-state index contributed by atoms with van der Waals surface area (Å²) in [5.41, 5.74) is 0. The molecule has 2 heteroatoms. The Morgan fingerprint density at radius 2 is 1.33 bits per heavy atom. The molecule has 0 saturated heterocycles. The van der Waals surface area contributed by atoms with Crippen LogP contribution in [0.15, 0.2) is 0 Å². The molecule has 0 unspecified atom stereocenters. The van der Waals surface area contributed by atoms with Crippen LogP contribution in [0.2, 0.25) is 0 Å². The van der Waals surface area contributed by atoms with Crippen molar-refractivity contribution in [1.29, 1.82) is 0 Å². The van der Waals surface area contributed by atoms with Crippen molar-refractivity contribution in [1.82, 2.24) is 0 Å². The fourth-order valence-corrected chi connectivity index (χ4v) is 0.559. The van der Waals surface area contributed by atoms with Crippen LogP contribution in [0.1, 0.15) is 12.8 Å². The van der Waals surface area contributed by atoms with Crippen LogP contribution in [-0.2, 0) is 0 Å². The highest BCUT2D eigenvalue weighted by atomic mass is 16.3. The van der Waals surface area contributed by atoms with Gasteiger partial charge in [-0.3, -0.25) is 0 Å². The van der Waals surface area contributed by atoms with Crippen LogP contribution in [0.4, 0.5) is 0 Å². The van der Waals surface area contributed by atoms with Gasteiger partial charge < -0.3 is 10.2 Å². The summed E-state index contributed by atoms with van der Waals surface area (Å²) in [7, 11) is 0. The van der Waals surface area contributed by atoms with E-state index < -0.39 is 0 Å². The average molecular weight is 88.1 g/mol. The minimum Gasteiger partial charge on any atom is -0.393 e. The topological polar surface area (TPSA) is 40.5 Å². The molecule has 0 heterocycles. The Labute approximate surface area is 36.4 Å². The molecule has 0 aromatic heterocycles. The van der Waals surface area contributed by atoms with Crippen LogP contribution in [-0.4, -0.2) is 22.4 Å². The molecule has 0 bridgehead atoms. The van der Waals surface area contributed by atoms with Gasteiger partial charge in [0.15, 0.2) is 0 Å². The molecule has 1 rings (SSSR count). The van der Waals surface area contributed by atoms with E-state index in [9.17, 15) is 0 Å². The van der Waals surface area contributed by atoms with Gasteiger partial charge in [-0.05, 0) is 12.8 Å². The van der Waals surface area contributed by atoms with E-state index in [4.69, 9.17) is 10.2 Å². The molecule has 1 fully saturated rings. The maximum atomic E-state index is 8.46. The molecule has 0 radical (unpaired) electrons. The Kier molecular flexibility index (Phi) is 0.821. The Balaban J connectivity index is 2.11. The van der Waals surface area contributed by atoms with Gasteiger partial charge in [0.1, 0.15) is 0 Å². The van der Waals surface area contributed by atoms with Crippen molar-refractivity contribution in [3.63, 3.8) is 0 Å². The van der Waals surface area contributed by atoms with E-state index >= 15 is 0 Å². The average Bonchev–Trinajstić information content (AvgIpc) is 1.33. The quantitative estimate of drug-likeness (QED) is 0.419. The molecule has 1 saturated carbocycles. The molecule has 0 atom stereocenters. The predicted octanol–water partition coefficient (Wildman–Crippen LogP) is -0.498. The lowest BCUT2D eigenvalue weighted by Crippen LogP contribution is -2.32. The highest BCUT2D eigenvalue weighted by molar-refractivity contribution is 4.76. The number of hydrogen-bond donors (Lipinski definition) is 2. The normalized spacial score (nSPS) is 45.0. The molecule has 1 aliphatic carbocycles. The summed E-state index contributed by atoms with van der Waals surface area (Å²) in [5.74, 6) is 0. The lowest BCUT2D eigenvalue weighted by Gasteiger charge is -2.25. The number of aliphatic hydroxyl groups excluding tert-OH is 2. The van der Waals surface area contributed by atoms with Crippen LogP contribution in [0.25, 0.3) is 0 Å². The van der Waals surface area contributed by atoms with Gasteiger partial charge in [0.2, 0.25) is 0 Å². The summed E-state index contributed by atoms with van der Waals surface area (Å²) in [6.07, 6.45) is 0.750. The standard InChI is InChI=1S/C4H8O2/c5-3-1-4(6)2-3/h3-6H,1-2H2/t3-,4+. The lowest BCUT2D eigenvalue weighted by atomic mass is 9.93. The fourth-order valence-electron chi connectivity index (χ4n) is 0.559. The zero-order chi connectivity index (χ0) is 4.57. The zero-order valence-corrected chi connectivity index (χ0v) is 3.46. The molecule has 0 aliphatic heterocycles. The van der Waals surface area contributed by atoms with Crippen LogP contribution in [0.5, 0.6) is 0 Å². The third-order valence-corrected chi connectivity index (χ3v) is 1.09.